The molecular formula is C15H14BrN3O. The zero-order valence-corrected chi connectivity index (χ0v) is 12.5. The number of hydrogen-bond donors (Lipinski definition) is 0. The second-order valence-electron chi connectivity index (χ2n) is 4.46. The Kier molecular flexibility index (Phi) is 4.08. The summed E-state index contributed by atoms with van der Waals surface area (Å²) in [5, 5.41) is 5.44. The van der Waals surface area contributed by atoms with Crippen molar-refractivity contribution in [2.24, 2.45) is 0 Å². The maximum absolute atomic E-state index is 5.68. The van der Waals surface area contributed by atoms with Crippen LogP contribution in [-0.4, -0.2) is 21.4 Å². The van der Waals surface area contributed by atoms with Gasteiger partial charge in [-0.25, -0.2) is 0 Å². The molecule has 0 radical (unpaired) electrons. The van der Waals surface area contributed by atoms with Crippen molar-refractivity contribution < 1.29 is 4.74 Å². The molecule has 0 saturated heterocycles. The first-order valence-electron chi connectivity index (χ1n) is 6.41. The van der Waals surface area contributed by atoms with E-state index in [2.05, 4.69) is 38.1 Å². The summed E-state index contributed by atoms with van der Waals surface area (Å²) >= 11 is 3.48. The summed E-state index contributed by atoms with van der Waals surface area (Å²) in [4.78, 5) is 4.17. The zero-order valence-electron chi connectivity index (χ0n) is 10.9. The van der Waals surface area contributed by atoms with Crippen LogP contribution in [-0.2, 0) is 17.9 Å². The van der Waals surface area contributed by atoms with E-state index in [1.807, 2.05) is 35.3 Å². The summed E-state index contributed by atoms with van der Waals surface area (Å²) in [5.74, 6) is 0. The highest BCUT2D eigenvalue weighted by molar-refractivity contribution is 9.10. The molecule has 0 fully saturated rings. The van der Waals surface area contributed by atoms with Crippen molar-refractivity contribution in [1.29, 1.82) is 0 Å². The van der Waals surface area contributed by atoms with E-state index in [9.17, 15) is 0 Å². The molecule has 0 atom stereocenters. The van der Waals surface area contributed by atoms with E-state index >= 15 is 0 Å². The smallest absolute Gasteiger partial charge is 0.0877 e. The first kappa shape index (κ1) is 13.3. The normalized spacial score (nSPS) is 11.1. The number of rotatable bonds is 5. The first-order valence-corrected chi connectivity index (χ1v) is 7.20. The molecule has 0 saturated carbocycles. The minimum Gasteiger partial charge on any atom is -0.375 e. The van der Waals surface area contributed by atoms with Crippen molar-refractivity contribution >= 4 is 26.8 Å². The lowest BCUT2D eigenvalue weighted by Crippen LogP contribution is -2.07. The van der Waals surface area contributed by atoms with Gasteiger partial charge < -0.3 is 4.74 Å². The highest BCUT2D eigenvalue weighted by Crippen LogP contribution is 2.21. The van der Waals surface area contributed by atoms with E-state index in [1.54, 1.807) is 6.20 Å². The maximum Gasteiger partial charge on any atom is 0.0877 e. The van der Waals surface area contributed by atoms with Crippen LogP contribution >= 0.6 is 15.9 Å². The molecule has 5 heteroatoms. The number of aromatic nitrogens is 3. The lowest BCUT2D eigenvalue weighted by molar-refractivity contribution is 0.111. The number of fused-ring (bicyclic) bond motifs is 1. The molecule has 0 unspecified atom stereocenters. The van der Waals surface area contributed by atoms with Gasteiger partial charge in [-0.2, -0.15) is 5.10 Å². The molecule has 2 heterocycles. The van der Waals surface area contributed by atoms with Gasteiger partial charge in [0.1, 0.15) is 0 Å². The predicted octanol–water partition coefficient (Wildman–Crippen LogP) is 3.41. The molecule has 102 valence electrons. The van der Waals surface area contributed by atoms with Gasteiger partial charge in [0.05, 0.1) is 37.7 Å². The number of benzene rings is 1. The van der Waals surface area contributed by atoms with Gasteiger partial charge in [-0.3, -0.25) is 9.67 Å². The minimum atomic E-state index is 0.623. The second-order valence-corrected chi connectivity index (χ2v) is 5.31. The molecule has 0 N–H and O–H groups in total. The van der Waals surface area contributed by atoms with E-state index in [0.29, 0.717) is 19.8 Å². The summed E-state index contributed by atoms with van der Waals surface area (Å²) in [6, 6.07) is 10.2. The highest BCUT2D eigenvalue weighted by Gasteiger charge is 2.05. The van der Waals surface area contributed by atoms with Crippen molar-refractivity contribution in [1.82, 2.24) is 14.8 Å². The molecule has 2 aromatic heterocycles. The topological polar surface area (TPSA) is 39.9 Å². The van der Waals surface area contributed by atoms with Gasteiger partial charge in [0.15, 0.2) is 0 Å². The maximum atomic E-state index is 5.68. The van der Waals surface area contributed by atoms with Crippen LogP contribution in [0, 0.1) is 0 Å². The van der Waals surface area contributed by atoms with Gasteiger partial charge in [-0.1, -0.05) is 30.3 Å². The first-order chi connectivity index (χ1) is 9.84. The molecule has 1 aromatic carbocycles. The summed E-state index contributed by atoms with van der Waals surface area (Å²) in [7, 11) is 0. The largest absolute Gasteiger partial charge is 0.375 e. The van der Waals surface area contributed by atoms with Crippen LogP contribution < -0.4 is 0 Å². The Balaban J connectivity index is 1.59. The summed E-state index contributed by atoms with van der Waals surface area (Å²) in [6.45, 7) is 1.97. The Morgan fingerprint density at radius 1 is 1.10 bits per heavy atom. The van der Waals surface area contributed by atoms with Gasteiger partial charge in [-0.05, 0) is 21.5 Å². The lowest BCUT2D eigenvalue weighted by Gasteiger charge is -2.06. The molecule has 0 aliphatic heterocycles. The van der Waals surface area contributed by atoms with Crippen LogP contribution in [0.1, 0.15) is 5.56 Å². The molecule has 0 spiro atoms. The Morgan fingerprint density at radius 2 is 1.95 bits per heavy atom. The fourth-order valence-corrected chi connectivity index (χ4v) is 2.48. The average Bonchev–Trinajstić information content (AvgIpc) is 2.90. The van der Waals surface area contributed by atoms with Crippen molar-refractivity contribution in [3.63, 3.8) is 0 Å². The second kappa shape index (κ2) is 6.15. The predicted molar refractivity (Wildman–Crippen MR) is 81.3 cm³/mol. The summed E-state index contributed by atoms with van der Waals surface area (Å²) < 4.78 is 8.56. The van der Waals surface area contributed by atoms with E-state index in [-0.39, 0.29) is 0 Å². The van der Waals surface area contributed by atoms with Gasteiger partial charge >= 0.3 is 0 Å². The average molecular weight is 332 g/mol. The molecule has 3 aromatic rings. The SMILES string of the molecule is Brc1cncc2c1cnn2CCOCc1ccccc1. The Bertz CT molecular complexity index is 697. The molecule has 20 heavy (non-hydrogen) atoms. The lowest BCUT2D eigenvalue weighted by atomic mass is 10.2. The summed E-state index contributed by atoms with van der Waals surface area (Å²) in [6.07, 6.45) is 5.45. The number of nitrogens with zero attached hydrogens (tertiary/aromatic N) is 3. The fraction of sp³-hybridized carbons (Fsp3) is 0.200. The van der Waals surface area contributed by atoms with Gasteiger partial charge in [0.2, 0.25) is 0 Å². The van der Waals surface area contributed by atoms with Crippen molar-refractivity contribution in [2.75, 3.05) is 6.61 Å². The van der Waals surface area contributed by atoms with Gasteiger partial charge in [-0.15, -0.1) is 0 Å². The fourth-order valence-electron chi connectivity index (χ4n) is 2.05. The number of ether oxygens (including phenoxy) is 1. The third-order valence-electron chi connectivity index (χ3n) is 3.08. The van der Waals surface area contributed by atoms with Crippen LogP contribution in [0.15, 0.2) is 53.4 Å². The van der Waals surface area contributed by atoms with Crippen LogP contribution in [0.2, 0.25) is 0 Å². The molecule has 0 bridgehead atoms. The van der Waals surface area contributed by atoms with Crippen LogP contribution in [0.25, 0.3) is 10.9 Å². The van der Waals surface area contributed by atoms with Gasteiger partial charge in [0, 0.05) is 16.1 Å². The van der Waals surface area contributed by atoms with Crippen LogP contribution in [0.4, 0.5) is 0 Å². The van der Waals surface area contributed by atoms with Crippen molar-refractivity contribution in [3.8, 4) is 0 Å². The minimum absolute atomic E-state index is 0.623. The quantitative estimate of drug-likeness (QED) is 0.672. The number of halogens is 1. The van der Waals surface area contributed by atoms with Crippen molar-refractivity contribution in [3.05, 3.63) is 59.0 Å². The number of hydrogen-bond acceptors (Lipinski definition) is 3. The standard InChI is InChI=1S/C15H14BrN3O/c16-14-9-17-10-15-13(14)8-18-19(15)6-7-20-11-12-4-2-1-3-5-12/h1-5,8-10H,6-7,11H2. The van der Waals surface area contributed by atoms with Crippen LogP contribution in [0.3, 0.4) is 0 Å². The Labute approximate surface area is 125 Å². The van der Waals surface area contributed by atoms with E-state index in [1.165, 1.54) is 5.56 Å². The highest BCUT2D eigenvalue weighted by atomic mass is 79.9. The van der Waals surface area contributed by atoms with E-state index in [0.717, 1.165) is 15.4 Å². The zero-order chi connectivity index (χ0) is 13.8. The monoisotopic (exact) mass is 331 g/mol. The third kappa shape index (κ3) is 2.89. The number of pyridine rings is 1. The van der Waals surface area contributed by atoms with Crippen molar-refractivity contribution in [2.45, 2.75) is 13.2 Å². The molecular weight excluding hydrogens is 318 g/mol. The van der Waals surface area contributed by atoms with Crippen LogP contribution in [0.5, 0.6) is 0 Å². The van der Waals surface area contributed by atoms with Gasteiger partial charge in [0.25, 0.3) is 0 Å². The Hall–Kier alpha value is -1.72. The van der Waals surface area contributed by atoms with E-state index in [4.69, 9.17) is 4.74 Å². The molecule has 0 aliphatic rings. The summed E-state index contributed by atoms with van der Waals surface area (Å²) in [5.41, 5.74) is 2.20. The molecule has 3 rings (SSSR count). The third-order valence-corrected chi connectivity index (χ3v) is 3.71. The Morgan fingerprint density at radius 3 is 2.80 bits per heavy atom. The molecule has 0 aliphatic carbocycles. The van der Waals surface area contributed by atoms with E-state index < -0.39 is 0 Å². The molecule has 0 amide bonds. The molecule has 4 nitrogen and oxygen atoms in total.